The molecule has 7 heteroatoms. The zero-order valence-electron chi connectivity index (χ0n) is 11.6. The summed E-state index contributed by atoms with van der Waals surface area (Å²) < 4.78 is 1.75. The predicted octanol–water partition coefficient (Wildman–Crippen LogP) is 2.79. The molecule has 0 atom stereocenters. The van der Waals surface area contributed by atoms with Gasteiger partial charge in [0.15, 0.2) is 0 Å². The first-order valence-electron chi connectivity index (χ1n) is 6.66. The van der Waals surface area contributed by atoms with Gasteiger partial charge in [-0.15, -0.1) is 0 Å². The highest BCUT2D eigenvalue weighted by Gasteiger charge is 2.13. The van der Waals surface area contributed by atoms with E-state index in [9.17, 15) is 10.1 Å². The minimum atomic E-state index is -0.456. The van der Waals surface area contributed by atoms with E-state index in [0.29, 0.717) is 6.54 Å². The van der Waals surface area contributed by atoms with Crippen molar-refractivity contribution in [2.75, 3.05) is 5.32 Å². The summed E-state index contributed by atoms with van der Waals surface area (Å²) in [6, 6.07) is 12.7. The molecule has 0 spiro atoms. The predicted molar refractivity (Wildman–Crippen MR) is 81.8 cm³/mol. The molecule has 3 rings (SSSR count). The Balaban J connectivity index is 1.73. The molecule has 2 heterocycles. The van der Waals surface area contributed by atoms with Crippen LogP contribution in [-0.2, 0) is 6.54 Å². The third-order valence-electron chi connectivity index (χ3n) is 3.10. The maximum atomic E-state index is 10.9. The molecule has 2 aromatic heterocycles. The zero-order valence-corrected chi connectivity index (χ0v) is 11.6. The monoisotopic (exact) mass is 295 g/mol. The number of pyridine rings is 1. The largest absolute Gasteiger partial charge is 0.360 e. The molecule has 0 amide bonds. The summed E-state index contributed by atoms with van der Waals surface area (Å²) in [7, 11) is 0. The molecule has 0 unspecified atom stereocenters. The third-order valence-corrected chi connectivity index (χ3v) is 3.10. The molecule has 1 N–H and O–H groups in total. The van der Waals surface area contributed by atoms with Crippen molar-refractivity contribution in [2.24, 2.45) is 0 Å². The Morgan fingerprint density at radius 3 is 2.77 bits per heavy atom. The Bertz CT molecular complexity index is 785. The average molecular weight is 295 g/mol. The molecule has 0 radical (unpaired) electrons. The van der Waals surface area contributed by atoms with Crippen molar-refractivity contribution in [1.82, 2.24) is 14.8 Å². The topological polar surface area (TPSA) is 85.9 Å². The van der Waals surface area contributed by atoms with Gasteiger partial charge < -0.3 is 5.32 Å². The molecule has 0 aliphatic carbocycles. The fourth-order valence-corrected chi connectivity index (χ4v) is 2.04. The summed E-state index contributed by atoms with van der Waals surface area (Å²) in [6.07, 6.45) is 5.11. The molecule has 22 heavy (non-hydrogen) atoms. The summed E-state index contributed by atoms with van der Waals surface area (Å²) in [5.41, 5.74) is 1.82. The molecule has 1 aromatic carbocycles. The van der Waals surface area contributed by atoms with Crippen LogP contribution in [0, 0.1) is 10.1 Å². The van der Waals surface area contributed by atoms with Crippen LogP contribution in [0.15, 0.2) is 61.1 Å². The van der Waals surface area contributed by atoms with Crippen molar-refractivity contribution in [3.8, 4) is 5.69 Å². The van der Waals surface area contributed by atoms with Crippen LogP contribution in [0.3, 0.4) is 0 Å². The van der Waals surface area contributed by atoms with E-state index in [1.807, 2.05) is 36.5 Å². The van der Waals surface area contributed by atoms with Crippen molar-refractivity contribution in [3.63, 3.8) is 0 Å². The van der Waals surface area contributed by atoms with Crippen LogP contribution >= 0.6 is 0 Å². The SMILES string of the molecule is O=[N+]([O-])c1cccnc1NCc1cnn(-c2ccccc2)c1. The van der Waals surface area contributed by atoms with Crippen LogP contribution < -0.4 is 5.32 Å². The molecule has 7 nitrogen and oxygen atoms in total. The smallest absolute Gasteiger partial charge is 0.311 e. The van der Waals surface area contributed by atoms with Crippen LogP contribution in [0.25, 0.3) is 5.69 Å². The Kier molecular flexibility index (Phi) is 3.78. The number of nitrogens with zero attached hydrogens (tertiary/aromatic N) is 4. The summed E-state index contributed by atoms with van der Waals surface area (Å²) in [6.45, 7) is 0.407. The number of hydrogen-bond acceptors (Lipinski definition) is 5. The summed E-state index contributed by atoms with van der Waals surface area (Å²) in [4.78, 5) is 14.5. The molecule has 3 aromatic rings. The van der Waals surface area contributed by atoms with E-state index in [0.717, 1.165) is 11.3 Å². The first-order valence-corrected chi connectivity index (χ1v) is 6.66. The van der Waals surface area contributed by atoms with Crippen molar-refractivity contribution in [1.29, 1.82) is 0 Å². The van der Waals surface area contributed by atoms with Crippen molar-refractivity contribution in [3.05, 3.63) is 76.7 Å². The van der Waals surface area contributed by atoms with E-state index >= 15 is 0 Å². The minimum absolute atomic E-state index is 0.0436. The minimum Gasteiger partial charge on any atom is -0.360 e. The number of nitrogens with one attached hydrogen (secondary N) is 1. The van der Waals surface area contributed by atoms with Gasteiger partial charge in [0.05, 0.1) is 16.8 Å². The number of aromatic nitrogens is 3. The van der Waals surface area contributed by atoms with Crippen LogP contribution in [0.4, 0.5) is 11.5 Å². The fraction of sp³-hybridized carbons (Fsp3) is 0.0667. The van der Waals surface area contributed by atoms with E-state index in [1.54, 1.807) is 10.9 Å². The quantitative estimate of drug-likeness (QED) is 0.578. The van der Waals surface area contributed by atoms with E-state index in [1.165, 1.54) is 18.3 Å². The van der Waals surface area contributed by atoms with Crippen molar-refractivity contribution < 1.29 is 4.92 Å². The van der Waals surface area contributed by atoms with Gasteiger partial charge in [-0.3, -0.25) is 10.1 Å². The van der Waals surface area contributed by atoms with Crippen LogP contribution in [0.2, 0.25) is 0 Å². The Morgan fingerprint density at radius 1 is 1.18 bits per heavy atom. The third kappa shape index (κ3) is 2.93. The molecule has 0 bridgehead atoms. The zero-order chi connectivity index (χ0) is 15.4. The fourth-order valence-electron chi connectivity index (χ4n) is 2.04. The van der Waals surface area contributed by atoms with Crippen LogP contribution in [0.5, 0.6) is 0 Å². The van der Waals surface area contributed by atoms with E-state index in [2.05, 4.69) is 15.4 Å². The molecule has 0 aliphatic rings. The lowest BCUT2D eigenvalue weighted by molar-refractivity contribution is -0.384. The van der Waals surface area contributed by atoms with Crippen LogP contribution in [0.1, 0.15) is 5.56 Å². The standard InChI is InChI=1S/C15H13N5O2/c21-20(22)14-7-4-8-16-15(14)17-9-12-10-18-19(11-12)13-5-2-1-3-6-13/h1-8,10-11H,9H2,(H,16,17). The Morgan fingerprint density at radius 2 is 2.00 bits per heavy atom. The van der Waals surface area contributed by atoms with Gasteiger partial charge in [-0.2, -0.15) is 5.10 Å². The number of anilines is 1. The van der Waals surface area contributed by atoms with Gasteiger partial charge in [-0.05, 0) is 18.2 Å². The van der Waals surface area contributed by atoms with Gasteiger partial charge in [0.2, 0.25) is 5.82 Å². The van der Waals surface area contributed by atoms with Gasteiger partial charge >= 0.3 is 5.69 Å². The lowest BCUT2D eigenvalue weighted by Crippen LogP contribution is -2.03. The normalized spacial score (nSPS) is 10.4. The van der Waals surface area contributed by atoms with Gasteiger partial charge in [-0.25, -0.2) is 9.67 Å². The number of nitro groups is 1. The molecular formula is C15H13N5O2. The maximum Gasteiger partial charge on any atom is 0.311 e. The van der Waals surface area contributed by atoms with Crippen molar-refractivity contribution in [2.45, 2.75) is 6.54 Å². The summed E-state index contributed by atoms with van der Waals surface area (Å²) >= 11 is 0. The van der Waals surface area contributed by atoms with Gasteiger partial charge in [0.1, 0.15) is 0 Å². The van der Waals surface area contributed by atoms with Gasteiger partial charge in [0.25, 0.3) is 0 Å². The molecule has 0 saturated carbocycles. The number of rotatable bonds is 5. The van der Waals surface area contributed by atoms with Gasteiger partial charge in [-0.1, -0.05) is 18.2 Å². The summed E-state index contributed by atoms with van der Waals surface area (Å²) in [5, 5.41) is 18.2. The molecular weight excluding hydrogens is 282 g/mol. The van der Waals surface area contributed by atoms with Crippen LogP contribution in [-0.4, -0.2) is 19.7 Å². The number of para-hydroxylation sites is 1. The lowest BCUT2D eigenvalue weighted by atomic mass is 10.3. The van der Waals surface area contributed by atoms with E-state index in [-0.39, 0.29) is 11.5 Å². The highest BCUT2D eigenvalue weighted by molar-refractivity contribution is 5.55. The Labute approximate surface area is 126 Å². The second-order valence-corrected chi connectivity index (χ2v) is 4.61. The van der Waals surface area contributed by atoms with E-state index < -0.39 is 4.92 Å². The molecule has 110 valence electrons. The maximum absolute atomic E-state index is 10.9. The lowest BCUT2D eigenvalue weighted by Gasteiger charge is -2.04. The average Bonchev–Trinajstić information content (AvgIpc) is 3.03. The van der Waals surface area contributed by atoms with Crippen molar-refractivity contribution >= 4 is 11.5 Å². The molecule has 0 saturated heterocycles. The Hall–Kier alpha value is -3.22. The highest BCUT2D eigenvalue weighted by atomic mass is 16.6. The number of hydrogen-bond donors (Lipinski definition) is 1. The second-order valence-electron chi connectivity index (χ2n) is 4.61. The first kappa shape index (κ1) is 13.7. The molecule has 0 aliphatic heterocycles. The summed E-state index contributed by atoms with van der Waals surface area (Å²) in [5.74, 6) is 0.250. The van der Waals surface area contributed by atoms with E-state index in [4.69, 9.17) is 0 Å². The first-order chi connectivity index (χ1) is 10.7. The van der Waals surface area contributed by atoms with Gasteiger partial charge in [0, 0.05) is 30.6 Å². The molecule has 0 fully saturated rings. The second kappa shape index (κ2) is 6.04. The highest BCUT2D eigenvalue weighted by Crippen LogP contribution is 2.21. The number of benzene rings is 1.